The summed E-state index contributed by atoms with van der Waals surface area (Å²) in [6, 6.07) is 10.7. The number of amides is 1. The minimum Gasteiger partial charge on any atom is -0.478 e. The lowest BCUT2D eigenvalue weighted by Crippen LogP contribution is -2.28. The van der Waals surface area contributed by atoms with Crippen molar-refractivity contribution in [3.63, 3.8) is 0 Å². The van der Waals surface area contributed by atoms with Gasteiger partial charge >= 0.3 is 5.97 Å². The van der Waals surface area contributed by atoms with Gasteiger partial charge in [0.1, 0.15) is 5.37 Å². The van der Waals surface area contributed by atoms with E-state index in [9.17, 15) is 9.59 Å². The normalized spacial score (nSPS) is 17.5. The highest BCUT2D eigenvalue weighted by Gasteiger charge is 2.33. The average molecular weight is 328 g/mol. The van der Waals surface area contributed by atoms with E-state index in [2.05, 4.69) is 4.98 Å². The van der Waals surface area contributed by atoms with Crippen LogP contribution >= 0.6 is 11.8 Å². The third kappa shape index (κ3) is 3.22. The molecule has 1 saturated heterocycles. The van der Waals surface area contributed by atoms with E-state index in [4.69, 9.17) is 5.11 Å². The van der Waals surface area contributed by atoms with E-state index in [-0.39, 0.29) is 16.8 Å². The molecule has 5 nitrogen and oxygen atoms in total. The minimum absolute atomic E-state index is 0.0763. The van der Waals surface area contributed by atoms with Gasteiger partial charge in [0, 0.05) is 12.7 Å². The lowest BCUT2D eigenvalue weighted by molar-refractivity contribution is -0.128. The van der Waals surface area contributed by atoms with Crippen LogP contribution in [-0.2, 0) is 11.3 Å². The zero-order valence-electron chi connectivity index (χ0n) is 12.6. The van der Waals surface area contributed by atoms with Crippen LogP contribution in [0.1, 0.15) is 32.6 Å². The quantitative estimate of drug-likeness (QED) is 0.934. The number of aromatic nitrogens is 1. The molecule has 118 valence electrons. The number of hydrogen-bond donors (Lipinski definition) is 1. The Morgan fingerprint density at radius 2 is 2.22 bits per heavy atom. The Morgan fingerprint density at radius 3 is 2.87 bits per heavy atom. The third-order valence-corrected chi connectivity index (χ3v) is 5.06. The number of carbonyl (C=O) groups is 2. The molecule has 2 heterocycles. The molecule has 23 heavy (non-hydrogen) atoms. The molecule has 0 bridgehead atoms. The number of hydrogen-bond acceptors (Lipinski definition) is 4. The SMILES string of the molecule is Cc1cc(C(=O)O)ccc1CN1C(=O)CSC1c1ccccn1. The van der Waals surface area contributed by atoms with E-state index in [0.29, 0.717) is 12.3 Å². The Kier molecular flexibility index (Phi) is 4.34. The second-order valence-electron chi connectivity index (χ2n) is 5.39. The Labute approximate surface area is 138 Å². The van der Waals surface area contributed by atoms with Crippen LogP contribution in [0.3, 0.4) is 0 Å². The van der Waals surface area contributed by atoms with E-state index in [1.807, 2.05) is 25.1 Å². The monoisotopic (exact) mass is 328 g/mol. The van der Waals surface area contributed by atoms with Crippen LogP contribution in [0.4, 0.5) is 0 Å². The Morgan fingerprint density at radius 1 is 1.39 bits per heavy atom. The molecule has 1 atom stereocenters. The fraction of sp³-hybridized carbons (Fsp3) is 0.235. The van der Waals surface area contributed by atoms with Gasteiger partial charge in [-0.15, -0.1) is 11.8 Å². The summed E-state index contributed by atoms with van der Waals surface area (Å²) >= 11 is 1.56. The zero-order chi connectivity index (χ0) is 16.4. The molecule has 1 fully saturated rings. The molecule has 1 amide bonds. The first kappa shape index (κ1) is 15.6. The predicted molar refractivity (Wildman–Crippen MR) is 88.1 cm³/mol. The minimum atomic E-state index is -0.946. The second-order valence-corrected chi connectivity index (χ2v) is 6.45. The van der Waals surface area contributed by atoms with Crippen molar-refractivity contribution in [1.29, 1.82) is 0 Å². The van der Waals surface area contributed by atoms with E-state index in [0.717, 1.165) is 16.8 Å². The van der Waals surface area contributed by atoms with Gasteiger partial charge in [-0.1, -0.05) is 12.1 Å². The standard InChI is InChI=1S/C17H16N2O3S/c1-11-8-12(17(21)22)5-6-13(11)9-19-15(20)10-23-16(19)14-4-2-3-7-18-14/h2-8,16H,9-10H2,1H3,(H,21,22). The first-order chi connectivity index (χ1) is 11.1. The van der Waals surface area contributed by atoms with Gasteiger partial charge in [-0.3, -0.25) is 9.78 Å². The summed E-state index contributed by atoms with van der Waals surface area (Å²) < 4.78 is 0. The van der Waals surface area contributed by atoms with Crippen molar-refractivity contribution in [2.75, 3.05) is 5.75 Å². The van der Waals surface area contributed by atoms with Crippen LogP contribution in [0, 0.1) is 6.92 Å². The number of aromatic carboxylic acids is 1. The van der Waals surface area contributed by atoms with Crippen molar-refractivity contribution >= 4 is 23.6 Å². The van der Waals surface area contributed by atoms with Crippen molar-refractivity contribution in [2.45, 2.75) is 18.8 Å². The van der Waals surface area contributed by atoms with Gasteiger partial charge in [0.25, 0.3) is 0 Å². The topological polar surface area (TPSA) is 70.5 Å². The van der Waals surface area contributed by atoms with Gasteiger partial charge in [0.15, 0.2) is 0 Å². The summed E-state index contributed by atoms with van der Waals surface area (Å²) in [5.41, 5.74) is 2.94. The van der Waals surface area contributed by atoms with Crippen LogP contribution in [0.5, 0.6) is 0 Å². The highest BCUT2D eigenvalue weighted by atomic mass is 32.2. The maximum atomic E-state index is 12.2. The summed E-state index contributed by atoms with van der Waals surface area (Å²) in [6.07, 6.45) is 1.73. The lowest BCUT2D eigenvalue weighted by Gasteiger charge is -2.24. The van der Waals surface area contributed by atoms with E-state index >= 15 is 0 Å². The molecule has 1 aromatic heterocycles. The number of carboxylic acid groups (broad SMARTS) is 1. The highest BCUT2D eigenvalue weighted by molar-refractivity contribution is 8.00. The summed E-state index contributed by atoms with van der Waals surface area (Å²) in [5, 5.41) is 8.95. The van der Waals surface area contributed by atoms with Gasteiger partial charge in [0.2, 0.25) is 5.91 Å². The average Bonchev–Trinajstić information content (AvgIpc) is 2.91. The fourth-order valence-electron chi connectivity index (χ4n) is 2.58. The van der Waals surface area contributed by atoms with Crippen LogP contribution in [0.15, 0.2) is 42.6 Å². The number of aryl methyl sites for hydroxylation is 1. The molecule has 2 aromatic rings. The van der Waals surface area contributed by atoms with E-state index < -0.39 is 5.97 Å². The Balaban J connectivity index is 1.85. The van der Waals surface area contributed by atoms with Gasteiger partial charge < -0.3 is 10.0 Å². The van der Waals surface area contributed by atoms with Crippen molar-refractivity contribution in [2.24, 2.45) is 0 Å². The molecule has 0 saturated carbocycles. The summed E-state index contributed by atoms with van der Waals surface area (Å²) in [4.78, 5) is 29.4. The van der Waals surface area contributed by atoms with Crippen molar-refractivity contribution < 1.29 is 14.7 Å². The number of rotatable bonds is 4. The maximum Gasteiger partial charge on any atom is 0.335 e. The van der Waals surface area contributed by atoms with Crippen molar-refractivity contribution in [3.8, 4) is 0 Å². The zero-order valence-corrected chi connectivity index (χ0v) is 13.4. The summed E-state index contributed by atoms with van der Waals surface area (Å²) in [7, 11) is 0. The van der Waals surface area contributed by atoms with Crippen LogP contribution in [0.25, 0.3) is 0 Å². The molecule has 1 aliphatic rings. The van der Waals surface area contributed by atoms with Crippen LogP contribution < -0.4 is 0 Å². The first-order valence-electron chi connectivity index (χ1n) is 7.21. The second kappa shape index (κ2) is 6.42. The molecule has 0 spiro atoms. The van der Waals surface area contributed by atoms with Crippen molar-refractivity contribution in [3.05, 3.63) is 65.0 Å². The molecular weight excluding hydrogens is 312 g/mol. The maximum absolute atomic E-state index is 12.2. The molecule has 1 N–H and O–H groups in total. The molecule has 6 heteroatoms. The Hall–Kier alpha value is -2.34. The van der Waals surface area contributed by atoms with Gasteiger partial charge in [-0.05, 0) is 42.3 Å². The van der Waals surface area contributed by atoms with Crippen LogP contribution in [-0.4, -0.2) is 32.6 Å². The molecule has 3 rings (SSSR count). The number of nitrogens with zero attached hydrogens (tertiary/aromatic N) is 2. The van der Waals surface area contributed by atoms with E-state index in [1.54, 1.807) is 41.1 Å². The third-order valence-electron chi connectivity index (χ3n) is 3.84. The number of pyridine rings is 1. The highest BCUT2D eigenvalue weighted by Crippen LogP contribution is 2.38. The van der Waals surface area contributed by atoms with Crippen molar-refractivity contribution in [1.82, 2.24) is 9.88 Å². The fourth-order valence-corrected chi connectivity index (χ4v) is 3.73. The van der Waals surface area contributed by atoms with Gasteiger partial charge in [-0.25, -0.2) is 4.79 Å². The molecule has 0 radical (unpaired) electrons. The molecular formula is C17H16N2O3S. The largest absolute Gasteiger partial charge is 0.478 e. The predicted octanol–water partition coefficient (Wildman–Crippen LogP) is 2.86. The lowest BCUT2D eigenvalue weighted by atomic mass is 10.0. The molecule has 1 unspecified atom stereocenters. The number of thioether (sulfide) groups is 1. The smallest absolute Gasteiger partial charge is 0.335 e. The molecule has 1 aliphatic heterocycles. The first-order valence-corrected chi connectivity index (χ1v) is 8.26. The number of carbonyl (C=O) groups excluding carboxylic acids is 1. The summed E-state index contributed by atoms with van der Waals surface area (Å²) in [5.74, 6) is -0.431. The number of benzene rings is 1. The number of carboxylic acids is 1. The Bertz CT molecular complexity index is 749. The molecule has 1 aromatic carbocycles. The summed E-state index contributed by atoms with van der Waals surface area (Å²) in [6.45, 7) is 2.32. The van der Waals surface area contributed by atoms with E-state index in [1.165, 1.54) is 0 Å². The molecule has 0 aliphatic carbocycles. The van der Waals surface area contributed by atoms with Crippen LogP contribution in [0.2, 0.25) is 0 Å². The van der Waals surface area contributed by atoms with Gasteiger partial charge in [-0.2, -0.15) is 0 Å². The van der Waals surface area contributed by atoms with Gasteiger partial charge in [0.05, 0.1) is 17.0 Å².